The van der Waals surface area contributed by atoms with Crippen molar-refractivity contribution >= 4 is 5.95 Å². The predicted octanol–water partition coefficient (Wildman–Crippen LogP) is 0.189. The average Bonchev–Trinajstić information content (AvgIpc) is 2.63. The molecule has 0 fully saturated rings. The maximum atomic E-state index is 10.5. The summed E-state index contributed by atoms with van der Waals surface area (Å²) in [6, 6.07) is 0. The summed E-state index contributed by atoms with van der Waals surface area (Å²) >= 11 is 0. The third-order valence-corrected chi connectivity index (χ3v) is 1.92. The first-order chi connectivity index (χ1) is 7.15. The molecule has 0 spiro atoms. The summed E-state index contributed by atoms with van der Waals surface area (Å²) in [7, 11) is 1.49. The Balaban J connectivity index is 2.50. The van der Waals surface area contributed by atoms with Gasteiger partial charge in [-0.15, -0.1) is 0 Å². The first-order valence-corrected chi connectivity index (χ1v) is 4.47. The van der Waals surface area contributed by atoms with Crippen molar-refractivity contribution in [3.63, 3.8) is 0 Å². The lowest BCUT2D eigenvalue weighted by Gasteiger charge is -2.08. The van der Waals surface area contributed by atoms with E-state index in [0.29, 0.717) is 13.0 Å². The van der Waals surface area contributed by atoms with E-state index in [2.05, 4.69) is 4.98 Å². The van der Waals surface area contributed by atoms with Crippen LogP contribution in [0.5, 0.6) is 0 Å². The van der Waals surface area contributed by atoms with Gasteiger partial charge in [-0.2, -0.15) is 0 Å². The van der Waals surface area contributed by atoms with Gasteiger partial charge in [0.2, 0.25) is 0 Å². The molecule has 7 nitrogen and oxygen atoms in total. The van der Waals surface area contributed by atoms with E-state index < -0.39 is 11.0 Å². The van der Waals surface area contributed by atoms with Crippen LogP contribution < -0.4 is 0 Å². The number of nitro groups is 1. The van der Waals surface area contributed by atoms with Crippen molar-refractivity contribution in [3.8, 4) is 0 Å². The topological polar surface area (TPSA) is 90.4 Å². The van der Waals surface area contributed by atoms with Gasteiger partial charge >= 0.3 is 5.95 Å². The van der Waals surface area contributed by atoms with Crippen LogP contribution in [0, 0.1) is 10.1 Å². The fourth-order valence-corrected chi connectivity index (χ4v) is 1.21. The summed E-state index contributed by atoms with van der Waals surface area (Å²) in [6.45, 7) is 0.573. The fourth-order valence-electron chi connectivity index (χ4n) is 1.21. The van der Waals surface area contributed by atoms with E-state index in [1.165, 1.54) is 24.1 Å². The standard InChI is InChI=1S/C8H13N3O4/c1-15-6-7(12)2-4-10-5-3-9-8(10)11(13)14/h3,5,7,12H,2,4,6H2,1H3. The van der Waals surface area contributed by atoms with E-state index in [1.807, 2.05) is 0 Å². The minimum atomic E-state index is -0.614. The minimum Gasteiger partial charge on any atom is -0.391 e. The molecule has 1 aromatic rings. The van der Waals surface area contributed by atoms with Crippen LogP contribution in [0.1, 0.15) is 6.42 Å². The van der Waals surface area contributed by atoms with Gasteiger partial charge in [-0.25, -0.2) is 4.57 Å². The highest BCUT2D eigenvalue weighted by Crippen LogP contribution is 2.08. The van der Waals surface area contributed by atoms with Crippen molar-refractivity contribution in [1.82, 2.24) is 9.55 Å². The molecule has 1 heterocycles. The van der Waals surface area contributed by atoms with Gasteiger partial charge in [0.25, 0.3) is 0 Å². The highest BCUT2D eigenvalue weighted by molar-refractivity contribution is 5.06. The van der Waals surface area contributed by atoms with Crippen LogP contribution in [-0.4, -0.2) is 39.4 Å². The Morgan fingerprint density at radius 2 is 2.53 bits per heavy atom. The van der Waals surface area contributed by atoms with Crippen molar-refractivity contribution in [2.24, 2.45) is 0 Å². The van der Waals surface area contributed by atoms with E-state index in [-0.39, 0.29) is 12.6 Å². The quantitative estimate of drug-likeness (QED) is 0.540. The summed E-state index contributed by atoms with van der Waals surface area (Å²) in [5, 5.41) is 19.8. The zero-order valence-corrected chi connectivity index (χ0v) is 8.37. The number of aliphatic hydroxyl groups excluding tert-OH is 1. The smallest absolute Gasteiger partial charge is 0.391 e. The van der Waals surface area contributed by atoms with Crippen molar-refractivity contribution in [2.45, 2.75) is 19.1 Å². The van der Waals surface area contributed by atoms with Crippen LogP contribution >= 0.6 is 0 Å². The van der Waals surface area contributed by atoms with Crippen LogP contribution in [0.3, 0.4) is 0 Å². The van der Waals surface area contributed by atoms with E-state index in [4.69, 9.17) is 4.74 Å². The zero-order valence-electron chi connectivity index (χ0n) is 8.37. The summed E-state index contributed by atoms with van der Waals surface area (Å²) in [4.78, 5) is 13.5. The third kappa shape index (κ3) is 3.30. The van der Waals surface area contributed by atoms with Gasteiger partial charge in [0.05, 0.1) is 19.3 Å². The molecule has 0 saturated carbocycles. The SMILES string of the molecule is COCC(O)CCn1ccnc1[N+](=O)[O-]. The van der Waals surface area contributed by atoms with Gasteiger partial charge in [-0.1, -0.05) is 4.98 Å². The number of hydrogen-bond donors (Lipinski definition) is 1. The zero-order chi connectivity index (χ0) is 11.3. The van der Waals surface area contributed by atoms with Crippen LogP contribution in [0.2, 0.25) is 0 Å². The molecule has 1 N–H and O–H groups in total. The number of rotatable bonds is 6. The van der Waals surface area contributed by atoms with Crippen LogP contribution in [-0.2, 0) is 11.3 Å². The Morgan fingerprint density at radius 1 is 1.80 bits per heavy atom. The Labute approximate surface area is 86.5 Å². The number of aryl methyl sites for hydroxylation is 1. The second kappa shape index (κ2) is 5.42. The molecule has 0 saturated heterocycles. The molecule has 0 bridgehead atoms. The molecule has 1 rings (SSSR count). The Kier molecular flexibility index (Phi) is 4.19. The summed E-state index contributed by atoms with van der Waals surface area (Å²) in [5.41, 5.74) is 0. The molecule has 1 atom stereocenters. The van der Waals surface area contributed by atoms with Crippen molar-refractivity contribution in [2.75, 3.05) is 13.7 Å². The molecule has 0 radical (unpaired) electrons. The van der Waals surface area contributed by atoms with Crippen LogP contribution in [0.15, 0.2) is 12.4 Å². The Hall–Kier alpha value is -1.47. The number of aliphatic hydroxyl groups is 1. The van der Waals surface area contributed by atoms with E-state index in [0.717, 1.165) is 0 Å². The largest absolute Gasteiger partial charge is 0.434 e. The first kappa shape index (κ1) is 11.6. The highest BCUT2D eigenvalue weighted by Gasteiger charge is 2.14. The maximum absolute atomic E-state index is 10.5. The average molecular weight is 215 g/mol. The van der Waals surface area contributed by atoms with Crippen molar-refractivity contribution < 1.29 is 14.8 Å². The van der Waals surface area contributed by atoms with Gasteiger partial charge in [0.15, 0.2) is 0 Å². The number of aromatic nitrogens is 2. The van der Waals surface area contributed by atoms with Gasteiger partial charge in [0, 0.05) is 13.5 Å². The molecular weight excluding hydrogens is 202 g/mol. The molecule has 0 amide bonds. The van der Waals surface area contributed by atoms with Crippen LogP contribution in [0.4, 0.5) is 5.95 Å². The molecule has 0 aromatic carbocycles. The molecule has 7 heteroatoms. The van der Waals surface area contributed by atoms with Crippen LogP contribution in [0.25, 0.3) is 0 Å². The molecule has 15 heavy (non-hydrogen) atoms. The molecule has 0 aliphatic heterocycles. The molecule has 84 valence electrons. The van der Waals surface area contributed by atoms with Gasteiger partial charge in [0.1, 0.15) is 12.4 Å². The van der Waals surface area contributed by atoms with Crippen molar-refractivity contribution in [3.05, 3.63) is 22.5 Å². The number of ether oxygens (including phenoxy) is 1. The number of methoxy groups -OCH3 is 1. The predicted molar refractivity (Wildman–Crippen MR) is 51.4 cm³/mol. The summed E-state index contributed by atoms with van der Waals surface area (Å²) in [5.74, 6) is -0.209. The third-order valence-electron chi connectivity index (χ3n) is 1.92. The maximum Gasteiger partial charge on any atom is 0.434 e. The normalized spacial score (nSPS) is 12.7. The Bertz CT molecular complexity index is 325. The first-order valence-electron chi connectivity index (χ1n) is 4.47. The second-order valence-corrected chi connectivity index (χ2v) is 3.08. The molecule has 1 aromatic heterocycles. The number of imidazole rings is 1. The highest BCUT2D eigenvalue weighted by atomic mass is 16.6. The van der Waals surface area contributed by atoms with E-state index >= 15 is 0 Å². The van der Waals surface area contributed by atoms with Gasteiger partial charge in [-0.05, 0) is 4.92 Å². The second-order valence-electron chi connectivity index (χ2n) is 3.08. The van der Waals surface area contributed by atoms with Gasteiger partial charge in [-0.3, -0.25) is 0 Å². The fraction of sp³-hybridized carbons (Fsp3) is 0.625. The van der Waals surface area contributed by atoms with Crippen molar-refractivity contribution in [1.29, 1.82) is 0 Å². The Morgan fingerprint density at radius 3 is 3.13 bits per heavy atom. The van der Waals surface area contributed by atoms with E-state index in [1.54, 1.807) is 0 Å². The van der Waals surface area contributed by atoms with Gasteiger partial charge < -0.3 is 20.0 Å². The molecular formula is C8H13N3O4. The molecule has 0 aliphatic carbocycles. The number of hydrogen-bond acceptors (Lipinski definition) is 5. The monoisotopic (exact) mass is 215 g/mol. The minimum absolute atomic E-state index is 0.209. The van der Waals surface area contributed by atoms with E-state index in [9.17, 15) is 15.2 Å². The molecule has 1 unspecified atom stereocenters. The lowest BCUT2D eigenvalue weighted by atomic mass is 10.2. The number of nitrogens with zero attached hydrogens (tertiary/aromatic N) is 3. The summed E-state index contributed by atoms with van der Waals surface area (Å²) < 4.78 is 6.13. The molecule has 0 aliphatic rings. The lowest BCUT2D eigenvalue weighted by Crippen LogP contribution is -2.17. The lowest BCUT2D eigenvalue weighted by molar-refractivity contribution is -0.396. The summed E-state index contributed by atoms with van der Waals surface area (Å²) in [6.07, 6.45) is 2.65.